The zero-order chi connectivity index (χ0) is 24.6. The third kappa shape index (κ3) is 4.78. The minimum Gasteiger partial charge on any atom is -0.358 e. The molecular formula is C22H20Cl2F3N5O2. The van der Waals surface area contributed by atoms with Gasteiger partial charge in [0.1, 0.15) is 12.4 Å². The maximum atomic E-state index is 13.3. The van der Waals surface area contributed by atoms with Gasteiger partial charge in [0.2, 0.25) is 5.91 Å². The van der Waals surface area contributed by atoms with E-state index >= 15 is 0 Å². The zero-order valence-electron chi connectivity index (χ0n) is 18.0. The number of likely N-dealkylation sites (N-methyl/N-ethyl adjacent to an activating group) is 1. The number of carbonyl (C=O) groups is 2. The molecule has 0 spiro atoms. The van der Waals surface area contributed by atoms with E-state index in [0.717, 1.165) is 12.3 Å². The number of piperazine rings is 1. The fourth-order valence-electron chi connectivity index (χ4n) is 3.91. The number of rotatable bonds is 4. The van der Waals surface area contributed by atoms with Gasteiger partial charge in [-0.15, -0.1) is 0 Å². The third-order valence-electron chi connectivity index (χ3n) is 5.68. The smallest absolute Gasteiger partial charge is 0.358 e. The number of alkyl halides is 3. The number of halogens is 5. The van der Waals surface area contributed by atoms with Gasteiger partial charge in [0.15, 0.2) is 0 Å². The van der Waals surface area contributed by atoms with E-state index in [1.54, 1.807) is 38.8 Å². The highest BCUT2D eigenvalue weighted by Gasteiger charge is 2.33. The van der Waals surface area contributed by atoms with Crippen LogP contribution in [0.5, 0.6) is 0 Å². The largest absolute Gasteiger partial charge is 0.417 e. The van der Waals surface area contributed by atoms with Crippen molar-refractivity contribution in [2.75, 3.05) is 38.1 Å². The molecular weight excluding hydrogens is 494 g/mol. The Bertz CT molecular complexity index is 1250. The van der Waals surface area contributed by atoms with Gasteiger partial charge < -0.3 is 19.7 Å². The summed E-state index contributed by atoms with van der Waals surface area (Å²) in [7, 11) is 1.53. The molecule has 1 aromatic carbocycles. The maximum Gasteiger partial charge on any atom is 0.417 e. The maximum absolute atomic E-state index is 13.3. The van der Waals surface area contributed by atoms with E-state index in [-0.39, 0.29) is 29.2 Å². The molecule has 7 nitrogen and oxygen atoms in total. The molecule has 0 radical (unpaired) electrons. The number of nitrogens with zero attached hydrogens (tertiary/aromatic N) is 4. The highest BCUT2D eigenvalue weighted by Crippen LogP contribution is 2.34. The first-order valence-electron chi connectivity index (χ1n) is 10.3. The zero-order valence-corrected chi connectivity index (χ0v) is 19.5. The molecule has 12 heteroatoms. The molecule has 1 saturated heterocycles. The first kappa shape index (κ1) is 24.2. The number of benzene rings is 1. The van der Waals surface area contributed by atoms with E-state index in [4.69, 9.17) is 23.2 Å². The number of hydrogen-bond donors (Lipinski definition) is 1. The average molecular weight is 514 g/mol. The first-order chi connectivity index (χ1) is 16.1. The normalized spacial score (nSPS) is 14.5. The Kier molecular flexibility index (Phi) is 6.64. The topological polar surface area (TPSA) is 70.5 Å². The van der Waals surface area contributed by atoms with Crippen molar-refractivity contribution in [3.05, 3.63) is 57.8 Å². The van der Waals surface area contributed by atoms with Gasteiger partial charge in [-0.3, -0.25) is 9.59 Å². The minimum atomic E-state index is -4.53. The van der Waals surface area contributed by atoms with Gasteiger partial charge in [-0.05, 0) is 18.2 Å². The van der Waals surface area contributed by atoms with Gasteiger partial charge in [0.25, 0.3) is 5.91 Å². The lowest BCUT2D eigenvalue weighted by atomic mass is 10.1. The van der Waals surface area contributed by atoms with E-state index in [9.17, 15) is 22.8 Å². The highest BCUT2D eigenvalue weighted by atomic mass is 35.5. The second-order valence-electron chi connectivity index (χ2n) is 7.81. The van der Waals surface area contributed by atoms with Crippen LogP contribution in [0, 0.1) is 0 Å². The van der Waals surface area contributed by atoms with Crippen LogP contribution in [-0.2, 0) is 17.5 Å². The Hall–Kier alpha value is -2.98. The quantitative estimate of drug-likeness (QED) is 0.570. The van der Waals surface area contributed by atoms with Crippen molar-refractivity contribution in [1.82, 2.24) is 19.8 Å². The number of aromatic nitrogens is 2. The molecule has 1 fully saturated rings. The molecule has 180 valence electrons. The highest BCUT2D eigenvalue weighted by molar-refractivity contribution is 6.33. The van der Waals surface area contributed by atoms with Crippen LogP contribution < -0.4 is 10.2 Å². The third-order valence-corrected chi connectivity index (χ3v) is 6.20. The lowest BCUT2D eigenvalue weighted by Gasteiger charge is -2.35. The molecule has 4 rings (SSSR count). The number of carbonyl (C=O) groups excluding carboxylic acids is 2. The average Bonchev–Trinajstić information content (AvgIpc) is 3.15. The SMILES string of the molecule is CNC(=O)Cn1cc(C(=O)N2CCN(c3ncc(C(F)(F)F)cc3Cl)CC2)c2ccc(Cl)cc21. The summed E-state index contributed by atoms with van der Waals surface area (Å²) in [6.07, 6.45) is -2.13. The van der Waals surface area contributed by atoms with E-state index < -0.39 is 11.7 Å². The fourth-order valence-corrected chi connectivity index (χ4v) is 4.36. The molecule has 1 N–H and O–H groups in total. The van der Waals surface area contributed by atoms with Crippen molar-refractivity contribution in [2.24, 2.45) is 0 Å². The van der Waals surface area contributed by atoms with Crippen molar-refractivity contribution in [2.45, 2.75) is 12.7 Å². The van der Waals surface area contributed by atoms with Gasteiger partial charge in [0.05, 0.1) is 21.7 Å². The van der Waals surface area contributed by atoms with Crippen LogP contribution in [0.4, 0.5) is 19.0 Å². The Balaban J connectivity index is 1.52. The van der Waals surface area contributed by atoms with Gasteiger partial charge in [0, 0.05) is 56.0 Å². The number of hydrogen-bond acceptors (Lipinski definition) is 4. The predicted octanol–water partition coefficient (Wildman–Crippen LogP) is 4.07. The van der Waals surface area contributed by atoms with Gasteiger partial charge in [-0.25, -0.2) is 4.98 Å². The Morgan fingerprint density at radius 2 is 1.82 bits per heavy atom. The van der Waals surface area contributed by atoms with Crippen LogP contribution in [0.1, 0.15) is 15.9 Å². The summed E-state index contributed by atoms with van der Waals surface area (Å²) in [5, 5.41) is 3.62. The van der Waals surface area contributed by atoms with Crippen molar-refractivity contribution >= 4 is 51.7 Å². The summed E-state index contributed by atoms with van der Waals surface area (Å²) in [6.45, 7) is 1.40. The van der Waals surface area contributed by atoms with Crippen molar-refractivity contribution in [1.29, 1.82) is 0 Å². The predicted molar refractivity (Wildman–Crippen MR) is 123 cm³/mol. The fraction of sp³-hybridized carbons (Fsp3) is 0.318. The molecule has 3 aromatic rings. The Labute approximate surface area is 203 Å². The molecule has 0 atom stereocenters. The van der Waals surface area contributed by atoms with E-state index in [0.29, 0.717) is 47.7 Å². The van der Waals surface area contributed by atoms with Crippen molar-refractivity contribution < 1.29 is 22.8 Å². The van der Waals surface area contributed by atoms with Crippen LogP contribution in [-0.4, -0.2) is 59.5 Å². The molecule has 0 aliphatic carbocycles. The number of fused-ring (bicyclic) bond motifs is 1. The summed E-state index contributed by atoms with van der Waals surface area (Å²) >= 11 is 12.2. The van der Waals surface area contributed by atoms with Gasteiger partial charge >= 0.3 is 6.18 Å². The molecule has 1 aliphatic heterocycles. The monoisotopic (exact) mass is 513 g/mol. The van der Waals surface area contributed by atoms with Crippen LogP contribution in [0.15, 0.2) is 36.7 Å². The molecule has 34 heavy (non-hydrogen) atoms. The summed E-state index contributed by atoms with van der Waals surface area (Å²) in [6, 6.07) is 5.98. The van der Waals surface area contributed by atoms with E-state index in [2.05, 4.69) is 10.3 Å². The Morgan fingerprint density at radius 3 is 2.44 bits per heavy atom. The summed E-state index contributed by atoms with van der Waals surface area (Å²) < 4.78 is 40.3. The van der Waals surface area contributed by atoms with Crippen LogP contribution in [0.3, 0.4) is 0 Å². The van der Waals surface area contributed by atoms with Gasteiger partial charge in [-0.2, -0.15) is 13.2 Å². The summed E-state index contributed by atoms with van der Waals surface area (Å²) in [4.78, 5) is 32.6. The molecule has 2 aromatic heterocycles. The number of anilines is 1. The molecule has 1 aliphatic rings. The van der Waals surface area contributed by atoms with Crippen molar-refractivity contribution in [3.8, 4) is 0 Å². The summed E-state index contributed by atoms with van der Waals surface area (Å²) in [5.74, 6) is -0.182. The molecule has 0 unspecified atom stereocenters. The minimum absolute atomic E-state index is 0.0342. The van der Waals surface area contributed by atoms with Gasteiger partial charge in [-0.1, -0.05) is 29.3 Å². The number of pyridine rings is 1. The lowest BCUT2D eigenvalue weighted by Crippen LogP contribution is -2.49. The summed E-state index contributed by atoms with van der Waals surface area (Å²) in [5.41, 5.74) is 0.192. The lowest BCUT2D eigenvalue weighted by molar-refractivity contribution is -0.137. The van der Waals surface area contributed by atoms with Crippen molar-refractivity contribution in [3.63, 3.8) is 0 Å². The second-order valence-corrected chi connectivity index (χ2v) is 8.66. The van der Waals surface area contributed by atoms with E-state index in [1.165, 1.54) is 7.05 Å². The van der Waals surface area contributed by atoms with Crippen LogP contribution >= 0.6 is 23.2 Å². The van der Waals surface area contributed by atoms with Crippen LogP contribution in [0.2, 0.25) is 10.0 Å². The standard InChI is InChI=1S/C22H20Cl2F3N5O2/c1-28-19(33)12-32-11-16(15-3-2-14(23)9-18(15)32)21(34)31-6-4-30(5-7-31)20-17(24)8-13(10-29-20)22(25,26)27/h2-3,8-11H,4-7,12H2,1H3,(H,28,33). The molecule has 3 heterocycles. The first-order valence-corrected chi connectivity index (χ1v) is 11.1. The molecule has 0 bridgehead atoms. The van der Waals surface area contributed by atoms with E-state index in [1.807, 2.05) is 0 Å². The molecule has 2 amide bonds. The second kappa shape index (κ2) is 9.34. The molecule has 0 saturated carbocycles. The Morgan fingerprint density at radius 1 is 1.12 bits per heavy atom. The number of amides is 2. The van der Waals surface area contributed by atoms with Crippen LogP contribution in [0.25, 0.3) is 10.9 Å². The number of nitrogens with one attached hydrogen (secondary N) is 1.